The van der Waals surface area contributed by atoms with Gasteiger partial charge in [0.15, 0.2) is 5.82 Å². The largest absolute Gasteiger partial charge is 0.494 e. The number of likely N-dealkylation sites (N-methyl/N-ethyl adjacent to an activating group) is 1. The molecule has 0 bridgehead atoms. The third kappa shape index (κ3) is 5.96. The van der Waals surface area contributed by atoms with Crippen molar-refractivity contribution >= 4 is 56.1 Å². The summed E-state index contributed by atoms with van der Waals surface area (Å²) < 4.78 is 32.9. The molecule has 2 aromatic carbocycles. The average molecular weight is 667 g/mol. The van der Waals surface area contributed by atoms with E-state index in [1.807, 2.05) is 18.2 Å². The van der Waals surface area contributed by atoms with Crippen molar-refractivity contribution in [2.75, 3.05) is 86.1 Å². The Morgan fingerprint density at radius 1 is 1.02 bits per heavy atom. The number of benzene rings is 2. The van der Waals surface area contributed by atoms with Crippen LogP contribution in [-0.4, -0.2) is 100 Å². The number of rotatable bonds is 8. The lowest BCUT2D eigenvalue weighted by Crippen LogP contribution is -2.52. The van der Waals surface area contributed by atoms with Crippen LogP contribution in [0.3, 0.4) is 0 Å². The van der Waals surface area contributed by atoms with Gasteiger partial charge >= 0.3 is 0 Å². The molecule has 2 saturated heterocycles. The van der Waals surface area contributed by atoms with Crippen molar-refractivity contribution in [3.05, 3.63) is 52.7 Å². The van der Waals surface area contributed by atoms with E-state index in [2.05, 4.69) is 56.4 Å². The summed E-state index contributed by atoms with van der Waals surface area (Å²) in [6, 6.07) is 10.7. The molecule has 1 aromatic heterocycles. The van der Waals surface area contributed by atoms with Crippen molar-refractivity contribution in [1.82, 2.24) is 19.8 Å². The van der Waals surface area contributed by atoms with Gasteiger partial charge in [0.2, 0.25) is 16.0 Å². The Hall–Kier alpha value is -3.32. The number of hydrogen-bond donors (Lipinski definition) is 2. The minimum Gasteiger partial charge on any atom is -0.494 e. The number of aromatic nitrogens is 2. The zero-order valence-electron chi connectivity index (χ0n) is 27.0. The number of aryl methyl sites for hydroxylation is 1. The fourth-order valence-electron chi connectivity index (χ4n) is 7.35. The fourth-order valence-corrected chi connectivity index (χ4v) is 8.50. The van der Waals surface area contributed by atoms with E-state index in [0.717, 1.165) is 81.8 Å². The van der Waals surface area contributed by atoms with Gasteiger partial charge in [-0.3, -0.25) is 9.21 Å². The van der Waals surface area contributed by atoms with Crippen molar-refractivity contribution in [3.8, 4) is 5.75 Å². The topological polar surface area (TPSA) is 106 Å². The second-order valence-electron chi connectivity index (χ2n) is 13.3. The molecule has 1 aliphatic carbocycles. The van der Waals surface area contributed by atoms with Gasteiger partial charge in [-0.1, -0.05) is 23.7 Å². The van der Waals surface area contributed by atoms with Crippen LogP contribution >= 0.6 is 11.6 Å². The van der Waals surface area contributed by atoms with E-state index in [0.29, 0.717) is 46.5 Å². The number of hydrogen-bond acceptors (Lipinski definition) is 10. The van der Waals surface area contributed by atoms with Crippen LogP contribution in [-0.2, 0) is 15.4 Å². The van der Waals surface area contributed by atoms with Crippen LogP contribution in [0.1, 0.15) is 36.8 Å². The molecular formula is C33H43ClN8O3S. The molecule has 0 amide bonds. The van der Waals surface area contributed by atoms with Crippen LogP contribution in [0, 0.1) is 6.92 Å². The fraction of sp³-hybridized carbons (Fsp3) is 0.515. The van der Waals surface area contributed by atoms with Gasteiger partial charge in [0.1, 0.15) is 10.8 Å². The number of fused-ring (bicyclic) bond motifs is 2. The molecule has 4 heterocycles. The van der Waals surface area contributed by atoms with E-state index < -0.39 is 10.0 Å². The molecule has 4 aliphatic rings. The third-order valence-electron chi connectivity index (χ3n) is 10.2. The Bertz CT molecular complexity index is 1730. The first-order valence-electron chi connectivity index (χ1n) is 16.1. The van der Waals surface area contributed by atoms with Crippen molar-refractivity contribution in [2.24, 2.45) is 0 Å². The maximum absolute atomic E-state index is 12.8. The molecule has 1 saturated carbocycles. The van der Waals surface area contributed by atoms with Gasteiger partial charge in [-0.25, -0.2) is 13.4 Å². The average Bonchev–Trinajstić information content (AvgIpc) is 3.74. The van der Waals surface area contributed by atoms with E-state index in [1.54, 1.807) is 7.11 Å². The summed E-state index contributed by atoms with van der Waals surface area (Å²) in [7, 11) is 0.417. The van der Waals surface area contributed by atoms with E-state index in [4.69, 9.17) is 21.3 Å². The van der Waals surface area contributed by atoms with Gasteiger partial charge in [0.05, 0.1) is 36.6 Å². The molecule has 1 spiro atoms. The predicted octanol–water partition coefficient (Wildman–Crippen LogP) is 4.96. The second kappa shape index (κ2) is 12.0. The highest BCUT2D eigenvalue weighted by Gasteiger charge is 2.54. The molecule has 246 valence electrons. The van der Waals surface area contributed by atoms with Gasteiger partial charge in [-0.2, -0.15) is 4.98 Å². The second-order valence-corrected chi connectivity index (χ2v) is 15.6. The number of piperidine rings is 1. The number of halogens is 1. The smallest absolute Gasteiger partial charge is 0.232 e. The van der Waals surface area contributed by atoms with Crippen LogP contribution in [0.4, 0.5) is 34.5 Å². The molecule has 11 nitrogen and oxygen atoms in total. The molecule has 0 atom stereocenters. The Morgan fingerprint density at radius 2 is 1.76 bits per heavy atom. The van der Waals surface area contributed by atoms with E-state index in [-0.39, 0.29) is 5.41 Å². The molecule has 0 unspecified atom stereocenters. The molecule has 3 fully saturated rings. The molecule has 46 heavy (non-hydrogen) atoms. The maximum atomic E-state index is 12.8. The molecule has 0 radical (unpaired) electrons. The summed E-state index contributed by atoms with van der Waals surface area (Å²) in [5, 5.41) is 6.97. The summed E-state index contributed by atoms with van der Waals surface area (Å²) in [5.41, 5.74) is 5.35. The normalized spacial score (nSPS) is 20.2. The summed E-state index contributed by atoms with van der Waals surface area (Å²) in [5.74, 6) is 1.43. The molecular weight excluding hydrogens is 624 g/mol. The highest BCUT2D eigenvalue weighted by atomic mass is 35.5. The predicted molar refractivity (Wildman–Crippen MR) is 185 cm³/mol. The summed E-state index contributed by atoms with van der Waals surface area (Å²) in [6.45, 7) is 9.24. The highest BCUT2D eigenvalue weighted by Crippen LogP contribution is 2.59. The minimum absolute atomic E-state index is 0.0978. The Kier molecular flexibility index (Phi) is 8.19. The van der Waals surface area contributed by atoms with Crippen molar-refractivity contribution in [3.63, 3.8) is 0 Å². The first kappa shape index (κ1) is 31.3. The van der Waals surface area contributed by atoms with Crippen molar-refractivity contribution in [2.45, 2.75) is 44.1 Å². The summed E-state index contributed by atoms with van der Waals surface area (Å²) >= 11 is 6.57. The lowest BCUT2D eigenvalue weighted by molar-refractivity contribution is 0.0982. The van der Waals surface area contributed by atoms with E-state index in [1.165, 1.54) is 22.4 Å². The zero-order valence-corrected chi connectivity index (χ0v) is 28.6. The lowest BCUT2D eigenvalue weighted by Gasteiger charge is -2.43. The third-order valence-corrected chi connectivity index (χ3v) is 11.6. The molecule has 2 N–H and O–H groups in total. The van der Waals surface area contributed by atoms with Crippen LogP contribution in [0.2, 0.25) is 5.02 Å². The van der Waals surface area contributed by atoms with Gasteiger partial charge < -0.3 is 25.2 Å². The number of piperazine rings is 1. The number of ether oxygens (including phenoxy) is 1. The van der Waals surface area contributed by atoms with Crippen molar-refractivity contribution < 1.29 is 13.2 Å². The summed E-state index contributed by atoms with van der Waals surface area (Å²) in [4.78, 5) is 16.7. The zero-order chi connectivity index (χ0) is 32.2. The molecule has 3 aliphatic heterocycles. The number of anilines is 6. The van der Waals surface area contributed by atoms with Crippen LogP contribution in [0.5, 0.6) is 5.75 Å². The highest BCUT2D eigenvalue weighted by molar-refractivity contribution is 7.92. The Balaban J connectivity index is 1.09. The van der Waals surface area contributed by atoms with Crippen molar-refractivity contribution in [1.29, 1.82) is 0 Å². The number of methoxy groups -OCH3 is 1. The minimum atomic E-state index is -3.46. The van der Waals surface area contributed by atoms with Crippen LogP contribution in [0.15, 0.2) is 36.5 Å². The van der Waals surface area contributed by atoms with Crippen LogP contribution in [0.25, 0.3) is 0 Å². The Labute approximate surface area is 276 Å². The number of nitrogens with one attached hydrogen (secondary N) is 2. The Morgan fingerprint density at radius 3 is 2.43 bits per heavy atom. The molecule has 7 rings (SSSR count). The molecule has 13 heteroatoms. The van der Waals surface area contributed by atoms with Gasteiger partial charge in [0, 0.05) is 69.0 Å². The van der Waals surface area contributed by atoms with Gasteiger partial charge in [-0.05, 0) is 62.9 Å². The first-order chi connectivity index (χ1) is 22.0. The summed E-state index contributed by atoms with van der Waals surface area (Å²) in [6.07, 6.45) is 7.07. The van der Waals surface area contributed by atoms with Gasteiger partial charge in [0.25, 0.3) is 0 Å². The quantitative estimate of drug-likeness (QED) is 0.343. The monoisotopic (exact) mass is 666 g/mol. The van der Waals surface area contributed by atoms with Crippen LogP contribution < -0.4 is 24.6 Å². The van der Waals surface area contributed by atoms with E-state index >= 15 is 0 Å². The van der Waals surface area contributed by atoms with E-state index in [9.17, 15) is 8.42 Å². The SMILES string of the molecule is COc1cc(N2CCC(N3CCN(C)CC3)CC2)c(C)cc1Nc1ncc(Cl)c(Nc2cccc3c2N(S(C)(=O)=O)CC32CC2)n1. The first-order valence-corrected chi connectivity index (χ1v) is 18.3. The molecule has 3 aromatic rings. The number of nitrogens with zero attached hydrogens (tertiary/aromatic N) is 6. The number of sulfonamides is 1. The van der Waals surface area contributed by atoms with Gasteiger partial charge in [-0.15, -0.1) is 0 Å². The number of para-hydroxylation sites is 1. The standard InChI is InChI=1S/C33H43ClN8O3S/c1-22-18-27(29(45-3)19-28(22)41-12-8-23(9-13-41)40-16-14-39(2)15-17-40)37-32-35-20-25(34)31(38-32)36-26-7-5-6-24-30(26)42(46(4,43)44)21-33(24)10-11-33/h5-7,18-20,23H,8-17,21H2,1-4H3,(H2,35,36,37,38). The maximum Gasteiger partial charge on any atom is 0.232 e. The lowest BCUT2D eigenvalue weighted by atomic mass is 9.98.